The highest BCUT2D eigenvalue weighted by Gasteiger charge is 2.36. The number of carbonyl (C=O) groups excluding carboxylic acids is 1. The summed E-state index contributed by atoms with van der Waals surface area (Å²) >= 11 is 6.31. The monoisotopic (exact) mass is 343 g/mol. The van der Waals surface area contributed by atoms with E-state index in [0.717, 1.165) is 12.8 Å². The third kappa shape index (κ3) is 3.10. The van der Waals surface area contributed by atoms with Crippen molar-refractivity contribution in [3.8, 4) is 6.07 Å². The molecule has 0 spiro atoms. The van der Waals surface area contributed by atoms with E-state index in [9.17, 15) is 10.1 Å². The Morgan fingerprint density at radius 2 is 2.17 bits per heavy atom. The third-order valence-electron chi connectivity index (χ3n) is 4.30. The lowest BCUT2D eigenvalue weighted by atomic mass is 9.82. The molecule has 3 rings (SSSR count). The van der Waals surface area contributed by atoms with Crippen LogP contribution in [-0.2, 0) is 9.53 Å². The van der Waals surface area contributed by atoms with Gasteiger partial charge >= 0.3 is 5.97 Å². The zero-order valence-corrected chi connectivity index (χ0v) is 14.1. The molecule has 0 aromatic heterocycles. The molecule has 1 aromatic rings. The molecule has 1 aliphatic carbocycles. The molecule has 1 saturated carbocycles. The van der Waals surface area contributed by atoms with Crippen LogP contribution in [0.25, 0.3) is 0 Å². The Labute approximate surface area is 145 Å². The molecule has 1 fully saturated rings. The van der Waals surface area contributed by atoms with Crippen molar-refractivity contribution in [1.29, 1.82) is 5.26 Å². The lowest BCUT2D eigenvalue weighted by Crippen LogP contribution is -2.33. The first-order valence-electron chi connectivity index (χ1n) is 7.82. The lowest BCUT2D eigenvalue weighted by Gasteiger charge is -2.28. The van der Waals surface area contributed by atoms with E-state index in [1.165, 1.54) is 0 Å². The van der Waals surface area contributed by atoms with Gasteiger partial charge in [0, 0.05) is 10.7 Å². The van der Waals surface area contributed by atoms with Crippen molar-refractivity contribution >= 4 is 17.6 Å². The summed E-state index contributed by atoms with van der Waals surface area (Å²) in [4.78, 5) is 12.7. The number of allylic oxidation sites excluding steroid dienone is 2. The molecule has 6 heteroatoms. The SMILES string of the molecule is CC1=C(C(=O)OCC2CC2)C(c2ccccc2Cl)C(C#N)=C(N)N1. The number of halogens is 1. The van der Waals surface area contributed by atoms with E-state index in [-0.39, 0.29) is 11.4 Å². The molecular weight excluding hydrogens is 326 g/mol. The van der Waals surface area contributed by atoms with Gasteiger partial charge in [0.2, 0.25) is 0 Å². The second-order valence-corrected chi connectivity index (χ2v) is 6.51. The third-order valence-corrected chi connectivity index (χ3v) is 4.64. The van der Waals surface area contributed by atoms with Crippen molar-refractivity contribution < 1.29 is 9.53 Å². The van der Waals surface area contributed by atoms with Crippen LogP contribution < -0.4 is 11.1 Å². The van der Waals surface area contributed by atoms with Crippen LogP contribution in [0, 0.1) is 17.2 Å². The van der Waals surface area contributed by atoms with Crippen molar-refractivity contribution in [1.82, 2.24) is 5.32 Å². The van der Waals surface area contributed by atoms with E-state index in [0.29, 0.717) is 34.4 Å². The second-order valence-electron chi connectivity index (χ2n) is 6.10. The fourth-order valence-corrected chi connectivity index (χ4v) is 3.07. The zero-order chi connectivity index (χ0) is 17.3. The largest absolute Gasteiger partial charge is 0.462 e. The molecule has 0 radical (unpaired) electrons. The van der Waals surface area contributed by atoms with Crippen LogP contribution in [0.1, 0.15) is 31.2 Å². The summed E-state index contributed by atoms with van der Waals surface area (Å²) in [5, 5.41) is 12.9. The summed E-state index contributed by atoms with van der Waals surface area (Å²) in [6.45, 7) is 2.16. The predicted octanol–water partition coefficient (Wildman–Crippen LogP) is 2.95. The number of benzene rings is 1. The Balaban J connectivity index is 2.02. The fourth-order valence-electron chi connectivity index (χ4n) is 2.82. The molecule has 0 saturated heterocycles. The average Bonchev–Trinajstić information content (AvgIpc) is 3.37. The maximum atomic E-state index is 12.7. The Kier molecular flexibility index (Phi) is 4.50. The minimum atomic E-state index is -0.628. The maximum Gasteiger partial charge on any atom is 0.336 e. The summed E-state index contributed by atoms with van der Waals surface area (Å²) in [5.41, 5.74) is 7.87. The van der Waals surface area contributed by atoms with Gasteiger partial charge < -0.3 is 15.8 Å². The molecule has 1 atom stereocenters. The molecule has 1 heterocycles. The maximum absolute atomic E-state index is 12.7. The van der Waals surface area contributed by atoms with Crippen molar-refractivity contribution in [2.75, 3.05) is 6.61 Å². The van der Waals surface area contributed by atoms with Crippen LogP contribution in [0.3, 0.4) is 0 Å². The van der Waals surface area contributed by atoms with Crippen LogP contribution in [0.4, 0.5) is 0 Å². The Morgan fingerprint density at radius 1 is 1.46 bits per heavy atom. The van der Waals surface area contributed by atoms with E-state index in [1.807, 2.05) is 6.07 Å². The van der Waals surface area contributed by atoms with E-state index >= 15 is 0 Å². The van der Waals surface area contributed by atoms with Crippen LogP contribution in [-0.4, -0.2) is 12.6 Å². The van der Waals surface area contributed by atoms with E-state index in [1.54, 1.807) is 25.1 Å². The summed E-state index contributed by atoms with van der Waals surface area (Å²) in [7, 11) is 0. The summed E-state index contributed by atoms with van der Waals surface area (Å²) in [6.07, 6.45) is 2.18. The van der Waals surface area contributed by atoms with Gasteiger partial charge in [0.1, 0.15) is 5.82 Å². The standard InChI is InChI=1S/C18H18ClN3O2/c1-10-15(18(23)24-9-11-6-7-11)16(13(8-20)17(21)22-10)12-4-2-3-5-14(12)19/h2-5,11,16,22H,6-7,9,21H2,1H3. The van der Waals surface area contributed by atoms with Crippen LogP contribution in [0.15, 0.2) is 46.9 Å². The quantitative estimate of drug-likeness (QED) is 0.820. The number of nitriles is 1. The minimum Gasteiger partial charge on any atom is -0.462 e. The number of hydrogen-bond donors (Lipinski definition) is 2. The number of hydrogen-bond acceptors (Lipinski definition) is 5. The van der Waals surface area contributed by atoms with Crippen LogP contribution in [0.5, 0.6) is 0 Å². The molecule has 0 bridgehead atoms. The van der Waals surface area contributed by atoms with Gasteiger partial charge in [-0.25, -0.2) is 4.79 Å². The molecule has 1 aliphatic heterocycles. The van der Waals surface area contributed by atoms with Gasteiger partial charge in [0.05, 0.1) is 29.7 Å². The number of ether oxygens (including phenoxy) is 1. The van der Waals surface area contributed by atoms with Gasteiger partial charge in [-0.3, -0.25) is 0 Å². The Morgan fingerprint density at radius 3 is 2.79 bits per heavy atom. The van der Waals surface area contributed by atoms with Crippen LogP contribution >= 0.6 is 11.6 Å². The van der Waals surface area contributed by atoms with Gasteiger partial charge in [-0.05, 0) is 37.3 Å². The predicted molar refractivity (Wildman–Crippen MR) is 90.5 cm³/mol. The second kappa shape index (κ2) is 6.58. The normalized spacial score (nSPS) is 20.5. The fraction of sp³-hybridized carbons (Fsp3) is 0.333. The topological polar surface area (TPSA) is 88.1 Å². The first-order chi connectivity index (χ1) is 11.5. The molecule has 2 aliphatic rings. The van der Waals surface area contributed by atoms with Gasteiger partial charge in [-0.15, -0.1) is 0 Å². The highest BCUT2D eigenvalue weighted by Crippen LogP contribution is 2.40. The van der Waals surface area contributed by atoms with Crippen molar-refractivity contribution in [2.24, 2.45) is 11.7 Å². The molecule has 0 amide bonds. The highest BCUT2D eigenvalue weighted by atomic mass is 35.5. The van der Waals surface area contributed by atoms with Crippen molar-refractivity contribution in [3.05, 3.63) is 57.5 Å². The van der Waals surface area contributed by atoms with Gasteiger partial charge in [-0.2, -0.15) is 5.26 Å². The number of carbonyl (C=O) groups is 1. The zero-order valence-electron chi connectivity index (χ0n) is 13.3. The molecule has 24 heavy (non-hydrogen) atoms. The number of esters is 1. The minimum absolute atomic E-state index is 0.235. The molecule has 124 valence electrons. The summed E-state index contributed by atoms with van der Waals surface area (Å²) in [5.74, 6) is -0.367. The smallest absolute Gasteiger partial charge is 0.336 e. The molecule has 3 N–H and O–H groups in total. The number of rotatable bonds is 4. The summed E-state index contributed by atoms with van der Waals surface area (Å²) < 4.78 is 5.44. The first kappa shape index (κ1) is 16.4. The van der Waals surface area contributed by atoms with Crippen molar-refractivity contribution in [3.63, 3.8) is 0 Å². The Hall–Kier alpha value is -2.45. The van der Waals surface area contributed by atoms with E-state index < -0.39 is 11.9 Å². The van der Waals surface area contributed by atoms with E-state index in [2.05, 4.69) is 11.4 Å². The van der Waals surface area contributed by atoms with Crippen molar-refractivity contribution in [2.45, 2.75) is 25.7 Å². The molecular formula is C18H18ClN3O2. The highest BCUT2D eigenvalue weighted by molar-refractivity contribution is 6.31. The van der Waals surface area contributed by atoms with Gasteiger partial charge in [0.25, 0.3) is 0 Å². The molecule has 5 nitrogen and oxygen atoms in total. The van der Waals surface area contributed by atoms with Gasteiger partial charge in [0.15, 0.2) is 0 Å². The number of nitrogens with one attached hydrogen (secondary N) is 1. The number of nitrogens with zero attached hydrogens (tertiary/aromatic N) is 1. The van der Waals surface area contributed by atoms with E-state index in [4.69, 9.17) is 22.1 Å². The average molecular weight is 344 g/mol. The summed E-state index contributed by atoms with van der Waals surface area (Å²) in [6, 6.07) is 9.24. The lowest BCUT2D eigenvalue weighted by molar-refractivity contribution is -0.139. The number of dihydropyridines is 1. The van der Waals surface area contributed by atoms with Crippen LogP contribution in [0.2, 0.25) is 5.02 Å². The first-order valence-corrected chi connectivity index (χ1v) is 8.19. The van der Waals surface area contributed by atoms with Gasteiger partial charge in [-0.1, -0.05) is 29.8 Å². The number of nitrogens with two attached hydrogens (primary N) is 1. The molecule has 1 unspecified atom stereocenters. The molecule has 1 aromatic carbocycles. The Bertz CT molecular complexity index is 788.